The molecule has 2 aliphatic rings. The summed E-state index contributed by atoms with van der Waals surface area (Å²) < 4.78 is 9.49. The maximum Gasteiger partial charge on any atom is 0.238 e. The molecule has 11 aromatic rings. The number of furan rings is 1. The quantitative estimate of drug-likeness (QED) is 0.182. The molecule has 57 heavy (non-hydrogen) atoms. The molecule has 0 N–H and O–H groups in total. The molecule has 13 rings (SSSR count). The van der Waals surface area contributed by atoms with E-state index in [1.807, 2.05) is 60.7 Å². The van der Waals surface area contributed by atoms with E-state index in [-0.39, 0.29) is 0 Å². The van der Waals surface area contributed by atoms with Gasteiger partial charge in [0.1, 0.15) is 11.2 Å². The summed E-state index contributed by atoms with van der Waals surface area (Å²) in [6.07, 6.45) is 0. The van der Waals surface area contributed by atoms with E-state index < -0.39 is 5.41 Å². The predicted octanol–water partition coefficient (Wildman–Crippen LogP) is 12.5. The Morgan fingerprint density at radius 1 is 0.386 bits per heavy atom. The molecule has 1 spiro atoms. The van der Waals surface area contributed by atoms with E-state index in [2.05, 4.69) is 126 Å². The minimum absolute atomic E-state index is 0.441. The van der Waals surface area contributed by atoms with E-state index in [0.29, 0.717) is 17.6 Å². The Labute approximate surface area is 327 Å². The van der Waals surface area contributed by atoms with Crippen LogP contribution in [0, 0.1) is 0 Å². The molecule has 0 unspecified atom stereocenters. The van der Waals surface area contributed by atoms with Gasteiger partial charge in [-0.2, -0.15) is 9.97 Å². The van der Waals surface area contributed by atoms with Crippen molar-refractivity contribution in [2.45, 2.75) is 5.41 Å². The summed E-state index contributed by atoms with van der Waals surface area (Å²) >= 11 is 0. The van der Waals surface area contributed by atoms with Crippen LogP contribution < -0.4 is 0 Å². The summed E-state index contributed by atoms with van der Waals surface area (Å²) in [7, 11) is 0. The van der Waals surface area contributed by atoms with Crippen LogP contribution in [0.3, 0.4) is 0 Å². The molecule has 0 saturated heterocycles. The Morgan fingerprint density at radius 2 is 0.912 bits per heavy atom. The Morgan fingerprint density at radius 3 is 1.58 bits per heavy atom. The minimum Gasteiger partial charge on any atom is -0.455 e. The second kappa shape index (κ2) is 11.2. The minimum atomic E-state index is -0.441. The van der Waals surface area contributed by atoms with Crippen molar-refractivity contribution in [1.29, 1.82) is 0 Å². The molecule has 0 amide bonds. The lowest BCUT2D eigenvalue weighted by Crippen LogP contribution is -2.25. The number of para-hydroxylation sites is 1. The van der Waals surface area contributed by atoms with Crippen molar-refractivity contribution in [2.75, 3.05) is 0 Å². The SMILES string of the molecule is c1ccc(-c2nc(-c3ccccc3)nc(-n3c4ccccc4c4c5oc6c7c(ccc6c5ccc43)C3(c4ccccc4-c4ccccc43)c3ccccc3-7)n2)cc1. The molecule has 0 bridgehead atoms. The number of nitrogens with zero attached hydrogens (tertiary/aromatic N) is 4. The van der Waals surface area contributed by atoms with E-state index in [1.165, 1.54) is 44.5 Å². The van der Waals surface area contributed by atoms with E-state index in [0.717, 1.165) is 54.9 Å². The van der Waals surface area contributed by atoms with Gasteiger partial charge in [-0.15, -0.1) is 0 Å². The average Bonchev–Trinajstić information content (AvgIpc) is 4.00. The second-order valence-electron chi connectivity index (χ2n) is 15.1. The molecule has 0 atom stereocenters. The van der Waals surface area contributed by atoms with E-state index >= 15 is 0 Å². The number of fused-ring (bicyclic) bond motifs is 18. The fourth-order valence-electron chi connectivity index (χ4n) is 10.0. The number of hydrogen-bond acceptors (Lipinski definition) is 4. The lowest BCUT2D eigenvalue weighted by atomic mass is 9.70. The van der Waals surface area contributed by atoms with Crippen molar-refractivity contribution in [3.05, 3.63) is 204 Å². The highest BCUT2D eigenvalue weighted by Gasteiger charge is 2.52. The maximum atomic E-state index is 7.32. The number of hydrogen-bond donors (Lipinski definition) is 0. The Kier molecular flexibility index (Phi) is 6.04. The fourth-order valence-corrected chi connectivity index (χ4v) is 10.0. The number of aromatic nitrogens is 4. The summed E-state index contributed by atoms with van der Waals surface area (Å²) in [6, 6.07) is 64.6. The predicted molar refractivity (Wildman–Crippen MR) is 229 cm³/mol. The zero-order valence-corrected chi connectivity index (χ0v) is 30.5. The third-order valence-corrected chi connectivity index (χ3v) is 12.3. The van der Waals surface area contributed by atoms with Crippen LogP contribution in [0.4, 0.5) is 0 Å². The molecule has 0 fully saturated rings. The highest BCUT2D eigenvalue weighted by atomic mass is 16.3. The van der Waals surface area contributed by atoms with Crippen molar-refractivity contribution in [3.8, 4) is 51.0 Å². The summed E-state index contributed by atoms with van der Waals surface area (Å²) in [6.45, 7) is 0. The van der Waals surface area contributed by atoms with Crippen molar-refractivity contribution in [1.82, 2.24) is 19.5 Å². The van der Waals surface area contributed by atoms with Crippen LogP contribution in [-0.2, 0) is 5.41 Å². The average molecular weight is 727 g/mol. The molecule has 0 radical (unpaired) electrons. The first-order valence-corrected chi connectivity index (χ1v) is 19.4. The van der Waals surface area contributed by atoms with E-state index in [4.69, 9.17) is 19.4 Å². The van der Waals surface area contributed by atoms with Gasteiger partial charge in [0.25, 0.3) is 0 Å². The highest BCUT2D eigenvalue weighted by molar-refractivity contribution is 6.25. The molecule has 5 nitrogen and oxygen atoms in total. The monoisotopic (exact) mass is 726 g/mol. The smallest absolute Gasteiger partial charge is 0.238 e. The van der Waals surface area contributed by atoms with Gasteiger partial charge in [-0.3, -0.25) is 4.57 Å². The zero-order valence-electron chi connectivity index (χ0n) is 30.5. The third kappa shape index (κ3) is 3.94. The van der Waals surface area contributed by atoms with Crippen molar-refractivity contribution in [2.24, 2.45) is 0 Å². The molecule has 2 aliphatic carbocycles. The number of benzene rings is 8. The van der Waals surface area contributed by atoms with Gasteiger partial charge in [0, 0.05) is 32.8 Å². The Hall–Kier alpha value is -7.63. The van der Waals surface area contributed by atoms with Crippen LogP contribution in [-0.4, -0.2) is 19.5 Å². The molecule has 3 aromatic heterocycles. The second-order valence-corrected chi connectivity index (χ2v) is 15.1. The standard InChI is InChI=1S/C52H30N4O/c1-3-15-31(16-4-1)49-53-50(32-17-5-2-6-18-32)55-51(54-49)56-43-26-14-10-22-38(43)46-44(56)30-28-36-35-27-29-42-45(47(35)57-48(36)46)37-21-9-13-25-41(37)52(42)39-23-11-7-19-33(39)34-20-8-12-24-40(34)52/h1-30H. The van der Waals surface area contributed by atoms with Crippen molar-refractivity contribution >= 4 is 43.7 Å². The van der Waals surface area contributed by atoms with Crippen LogP contribution in [0.2, 0.25) is 0 Å². The van der Waals surface area contributed by atoms with Gasteiger partial charge in [-0.25, -0.2) is 4.98 Å². The highest BCUT2D eigenvalue weighted by Crippen LogP contribution is 2.64. The van der Waals surface area contributed by atoms with Crippen LogP contribution in [0.25, 0.3) is 94.7 Å². The van der Waals surface area contributed by atoms with Crippen molar-refractivity contribution < 1.29 is 4.42 Å². The lowest BCUT2D eigenvalue weighted by molar-refractivity contribution is 0.673. The molecule has 3 heterocycles. The molecule has 0 aliphatic heterocycles. The van der Waals surface area contributed by atoms with Gasteiger partial charge in [-0.1, -0.05) is 164 Å². The molecule has 5 heteroatoms. The van der Waals surface area contributed by atoms with Gasteiger partial charge >= 0.3 is 0 Å². The van der Waals surface area contributed by atoms with Crippen LogP contribution >= 0.6 is 0 Å². The van der Waals surface area contributed by atoms with Crippen LogP contribution in [0.15, 0.2) is 186 Å². The number of rotatable bonds is 3. The normalized spacial score (nSPS) is 13.4. The van der Waals surface area contributed by atoms with Gasteiger partial charge in [0.2, 0.25) is 5.95 Å². The fraction of sp³-hybridized carbons (Fsp3) is 0.0192. The summed E-state index contributed by atoms with van der Waals surface area (Å²) in [4.78, 5) is 15.3. The van der Waals surface area contributed by atoms with E-state index in [9.17, 15) is 0 Å². The van der Waals surface area contributed by atoms with Gasteiger partial charge in [-0.05, 0) is 57.1 Å². The molecule has 0 saturated carbocycles. The molecule has 264 valence electrons. The molecular weight excluding hydrogens is 697 g/mol. The Bertz CT molecular complexity index is 3370. The first-order valence-electron chi connectivity index (χ1n) is 19.4. The van der Waals surface area contributed by atoms with Gasteiger partial charge < -0.3 is 4.42 Å². The summed E-state index contributed by atoms with van der Waals surface area (Å²) in [5, 5.41) is 4.30. The first-order chi connectivity index (χ1) is 28.3. The first kappa shape index (κ1) is 30.7. The maximum absolute atomic E-state index is 7.32. The summed E-state index contributed by atoms with van der Waals surface area (Å²) in [5.74, 6) is 1.79. The topological polar surface area (TPSA) is 56.7 Å². The lowest BCUT2D eigenvalue weighted by Gasteiger charge is -2.30. The summed E-state index contributed by atoms with van der Waals surface area (Å²) in [5.41, 5.74) is 15.3. The van der Waals surface area contributed by atoms with Crippen molar-refractivity contribution in [3.63, 3.8) is 0 Å². The largest absolute Gasteiger partial charge is 0.455 e. The zero-order chi connectivity index (χ0) is 37.2. The Balaban J connectivity index is 1.11. The van der Waals surface area contributed by atoms with Crippen LogP contribution in [0.5, 0.6) is 0 Å². The van der Waals surface area contributed by atoms with Crippen LogP contribution in [0.1, 0.15) is 22.3 Å². The molecular formula is C52H30N4O. The van der Waals surface area contributed by atoms with Gasteiger partial charge in [0.05, 0.1) is 21.8 Å². The van der Waals surface area contributed by atoms with E-state index in [1.54, 1.807) is 0 Å². The molecule has 8 aromatic carbocycles. The van der Waals surface area contributed by atoms with Gasteiger partial charge in [0.15, 0.2) is 11.6 Å². The third-order valence-electron chi connectivity index (χ3n) is 12.3.